The molecule has 0 radical (unpaired) electrons. The largest absolute Gasteiger partial charge is 0.370 e. The average Bonchev–Trinajstić information content (AvgIpc) is 2.64. The van der Waals surface area contributed by atoms with E-state index in [-0.39, 0.29) is 5.91 Å². The molecule has 0 fully saturated rings. The van der Waals surface area contributed by atoms with Crippen molar-refractivity contribution in [1.82, 2.24) is 14.9 Å². The van der Waals surface area contributed by atoms with Crippen LogP contribution in [0.1, 0.15) is 42.1 Å². The summed E-state index contributed by atoms with van der Waals surface area (Å²) in [6.45, 7) is 3.77. The molecule has 2 rings (SSSR count). The molecule has 0 saturated carbocycles. The Bertz CT molecular complexity index is 613. The minimum Gasteiger partial charge on any atom is -0.370 e. The summed E-state index contributed by atoms with van der Waals surface area (Å²) < 4.78 is 0. The number of unbranched alkanes of at least 4 members (excludes halogenated alkanes) is 2. The van der Waals surface area contributed by atoms with Gasteiger partial charge in [-0.1, -0.05) is 19.8 Å². The van der Waals surface area contributed by atoms with E-state index in [1.54, 1.807) is 23.5 Å². The van der Waals surface area contributed by atoms with Crippen LogP contribution in [0.3, 0.4) is 0 Å². The van der Waals surface area contributed by atoms with Crippen LogP contribution in [0.4, 0.5) is 5.82 Å². The quantitative estimate of drug-likeness (QED) is 0.718. The van der Waals surface area contributed by atoms with Crippen molar-refractivity contribution in [2.75, 3.05) is 25.5 Å². The monoisotopic (exact) mass is 326 g/mol. The van der Waals surface area contributed by atoms with E-state index in [9.17, 15) is 4.79 Å². The Morgan fingerprint density at radius 2 is 1.96 bits per heavy atom. The first-order valence-electron chi connectivity index (χ1n) is 8.55. The number of nitrogens with zero attached hydrogens (tertiary/aromatic N) is 3. The van der Waals surface area contributed by atoms with Gasteiger partial charge in [0.25, 0.3) is 5.91 Å². The number of amides is 1. The summed E-state index contributed by atoms with van der Waals surface area (Å²) in [4.78, 5) is 22.5. The van der Waals surface area contributed by atoms with Crippen LogP contribution in [0.2, 0.25) is 0 Å². The predicted octanol–water partition coefficient (Wildman–Crippen LogP) is 3.39. The fourth-order valence-electron chi connectivity index (χ4n) is 2.38. The van der Waals surface area contributed by atoms with Gasteiger partial charge in [0.15, 0.2) is 0 Å². The second-order valence-corrected chi connectivity index (χ2v) is 5.90. The Hall–Kier alpha value is -2.43. The summed E-state index contributed by atoms with van der Waals surface area (Å²) in [5, 5.41) is 3.28. The summed E-state index contributed by atoms with van der Waals surface area (Å²) >= 11 is 0. The molecule has 0 spiro atoms. The first-order chi connectivity index (χ1) is 11.7. The molecule has 0 saturated heterocycles. The highest BCUT2D eigenvalue weighted by Gasteiger charge is 2.12. The minimum atomic E-state index is -0.00547. The van der Waals surface area contributed by atoms with Crippen LogP contribution < -0.4 is 5.32 Å². The molecule has 0 aliphatic carbocycles. The number of likely N-dealkylation sites (N-methyl/N-ethyl adjacent to an activating group) is 1. The van der Waals surface area contributed by atoms with Gasteiger partial charge in [0.1, 0.15) is 5.82 Å². The lowest BCUT2D eigenvalue weighted by Crippen LogP contribution is -2.29. The van der Waals surface area contributed by atoms with Crippen LogP contribution in [-0.2, 0) is 6.42 Å². The number of anilines is 1. The van der Waals surface area contributed by atoms with Gasteiger partial charge in [-0.05, 0) is 42.7 Å². The number of carbonyl (C=O) groups is 1. The van der Waals surface area contributed by atoms with Gasteiger partial charge >= 0.3 is 0 Å². The summed E-state index contributed by atoms with van der Waals surface area (Å²) in [6.07, 6.45) is 9.56. The highest BCUT2D eigenvalue weighted by molar-refractivity contribution is 5.93. The van der Waals surface area contributed by atoms with E-state index in [0.29, 0.717) is 12.1 Å². The Kier molecular flexibility index (Phi) is 7.21. The van der Waals surface area contributed by atoms with Crippen LogP contribution in [0.25, 0.3) is 0 Å². The standard InChI is InChI=1S/C19H26N4O/c1-3-4-5-11-21-18-7-6-17(15-22-18)19(24)23(2)14-10-16-8-12-20-13-9-16/h6-9,12-13,15H,3-5,10-11,14H2,1-2H3,(H,21,22). The van der Waals surface area contributed by atoms with Gasteiger partial charge < -0.3 is 10.2 Å². The number of rotatable bonds is 9. The van der Waals surface area contributed by atoms with Crippen molar-refractivity contribution < 1.29 is 4.79 Å². The third-order valence-electron chi connectivity index (χ3n) is 3.93. The first-order valence-corrected chi connectivity index (χ1v) is 8.55. The normalized spacial score (nSPS) is 10.4. The van der Waals surface area contributed by atoms with Crippen molar-refractivity contribution in [3.63, 3.8) is 0 Å². The number of aromatic nitrogens is 2. The lowest BCUT2D eigenvalue weighted by atomic mass is 10.2. The Labute approximate surface area is 144 Å². The lowest BCUT2D eigenvalue weighted by Gasteiger charge is -2.17. The number of pyridine rings is 2. The second-order valence-electron chi connectivity index (χ2n) is 5.90. The number of carbonyl (C=O) groups excluding carboxylic acids is 1. The summed E-state index contributed by atoms with van der Waals surface area (Å²) in [7, 11) is 1.82. The first kappa shape index (κ1) is 17.9. The Morgan fingerprint density at radius 3 is 2.62 bits per heavy atom. The Balaban J connectivity index is 1.82. The van der Waals surface area contributed by atoms with Gasteiger partial charge in [0, 0.05) is 38.7 Å². The SMILES string of the molecule is CCCCCNc1ccc(C(=O)N(C)CCc2ccncc2)cn1. The zero-order valence-electron chi connectivity index (χ0n) is 14.5. The van der Waals surface area contributed by atoms with Gasteiger partial charge in [-0.25, -0.2) is 4.98 Å². The molecule has 0 bridgehead atoms. The second kappa shape index (κ2) is 9.65. The third-order valence-corrected chi connectivity index (χ3v) is 3.93. The molecule has 2 heterocycles. The molecule has 2 aromatic heterocycles. The topological polar surface area (TPSA) is 58.1 Å². The van der Waals surface area contributed by atoms with Crippen molar-refractivity contribution >= 4 is 11.7 Å². The molecule has 1 N–H and O–H groups in total. The average molecular weight is 326 g/mol. The third kappa shape index (κ3) is 5.65. The maximum absolute atomic E-state index is 12.4. The highest BCUT2D eigenvalue weighted by Crippen LogP contribution is 2.09. The van der Waals surface area contributed by atoms with Gasteiger partial charge in [-0.3, -0.25) is 9.78 Å². The maximum atomic E-state index is 12.4. The van der Waals surface area contributed by atoms with E-state index >= 15 is 0 Å². The molecule has 0 atom stereocenters. The van der Waals surface area contributed by atoms with E-state index in [1.807, 2.05) is 31.3 Å². The van der Waals surface area contributed by atoms with Crippen LogP contribution in [0.5, 0.6) is 0 Å². The molecule has 128 valence electrons. The minimum absolute atomic E-state index is 0.00547. The molecule has 0 unspecified atom stereocenters. The smallest absolute Gasteiger partial charge is 0.255 e. The zero-order valence-corrected chi connectivity index (χ0v) is 14.5. The molecular weight excluding hydrogens is 300 g/mol. The number of nitrogens with one attached hydrogen (secondary N) is 1. The van der Waals surface area contributed by atoms with Crippen molar-refractivity contribution in [1.29, 1.82) is 0 Å². The lowest BCUT2D eigenvalue weighted by molar-refractivity contribution is 0.0796. The van der Waals surface area contributed by atoms with Crippen LogP contribution in [0.15, 0.2) is 42.9 Å². The molecule has 5 heteroatoms. The van der Waals surface area contributed by atoms with Crippen molar-refractivity contribution in [2.45, 2.75) is 32.6 Å². The molecule has 24 heavy (non-hydrogen) atoms. The number of hydrogen-bond acceptors (Lipinski definition) is 4. The summed E-state index contributed by atoms with van der Waals surface area (Å²) in [6, 6.07) is 7.65. The molecular formula is C19H26N4O. The van der Waals surface area contributed by atoms with E-state index in [4.69, 9.17) is 0 Å². The van der Waals surface area contributed by atoms with Crippen molar-refractivity contribution in [2.24, 2.45) is 0 Å². The highest BCUT2D eigenvalue weighted by atomic mass is 16.2. The van der Waals surface area contributed by atoms with Crippen LogP contribution >= 0.6 is 0 Å². The van der Waals surface area contributed by atoms with Gasteiger partial charge in [0.05, 0.1) is 5.56 Å². The predicted molar refractivity (Wildman–Crippen MR) is 97.2 cm³/mol. The fourth-order valence-corrected chi connectivity index (χ4v) is 2.38. The molecule has 0 aliphatic rings. The van der Waals surface area contributed by atoms with Crippen molar-refractivity contribution in [3.05, 3.63) is 54.0 Å². The van der Waals surface area contributed by atoms with E-state index in [1.165, 1.54) is 18.4 Å². The molecule has 2 aromatic rings. The van der Waals surface area contributed by atoms with Crippen LogP contribution in [0, 0.1) is 0 Å². The summed E-state index contributed by atoms with van der Waals surface area (Å²) in [5.74, 6) is 0.816. The van der Waals surface area contributed by atoms with E-state index in [0.717, 1.165) is 25.2 Å². The number of hydrogen-bond donors (Lipinski definition) is 1. The molecule has 0 aromatic carbocycles. The van der Waals surface area contributed by atoms with E-state index < -0.39 is 0 Å². The van der Waals surface area contributed by atoms with Gasteiger partial charge in [-0.2, -0.15) is 0 Å². The molecule has 1 amide bonds. The Morgan fingerprint density at radius 1 is 1.17 bits per heavy atom. The summed E-state index contributed by atoms with van der Waals surface area (Å²) in [5.41, 5.74) is 1.79. The van der Waals surface area contributed by atoms with E-state index in [2.05, 4.69) is 22.2 Å². The molecule has 5 nitrogen and oxygen atoms in total. The fraction of sp³-hybridized carbons (Fsp3) is 0.421. The maximum Gasteiger partial charge on any atom is 0.255 e. The van der Waals surface area contributed by atoms with Crippen molar-refractivity contribution in [3.8, 4) is 0 Å². The van der Waals surface area contributed by atoms with Gasteiger partial charge in [0.2, 0.25) is 0 Å². The zero-order chi connectivity index (χ0) is 17.2. The molecule has 0 aliphatic heterocycles. The van der Waals surface area contributed by atoms with Gasteiger partial charge in [-0.15, -0.1) is 0 Å². The van der Waals surface area contributed by atoms with Crippen LogP contribution in [-0.4, -0.2) is 40.9 Å².